The van der Waals surface area contributed by atoms with Crippen LogP contribution in [0.15, 0.2) is 24.3 Å². The second-order valence-corrected chi connectivity index (χ2v) is 6.58. The first kappa shape index (κ1) is 14.1. The van der Waals surface area contributed by atoms with Crippen LogP contribution in [0.1, 0.15) is 55.7 Å². The normalized spacial score (nSPS) is 24.1. The van der Waals surface area contributed by atoms with E-state index in [4.69, 9.17) is 0 Å². The molecule has 2 nitrogen and oxygen atoms in total. The van der Waals surface area contributed by atoms with Crippen LogP contribution in [0.4, 0.5) is 0 Å². The largest absolute Gasteiger partial charge is 0.311 e. The lowest BCUT2D eigenvalue weighted by Gasteiger charge is -2.45. The van der Waals surface area contributed by atoms with Gasteiger partial charge >= 0.3 is 0 Å². The zero-order valence-corrected chi connectivity index (χ0v) is 13.0. The van der Waals surface area contributed by atoms with E-state index in [1.54, 1.807) is 0 Å². The maximum absolute atomic E-state index is 3.68. The number of benzene rings is 1. The predicted molar refractivity (Wildman–Crippen MR) is 85.0 cm³/mol. The van der Waals surface area contributed by atoms with E-state index in [-0.39, 0.29) is 0 Å². The Hall–Kier alpha value is -0.860. The van der Waals surface area contributed by atoms with Gasteiger partial charge in [-0.1, -0.05) is 37.1 Å². The minimum absolute atomic E-state index is 0.358. The third kappa shape index (κ3) is 2.29. The molecule has 1 saturated heterocycles. The average molecular weight is 272 g/mol. The third-order valence-corrected chi connectivity index (χ3v) is 5.53. The van der Waals surface area contributed by atoms with E-state index in [1.165, 1.54) is 62.7 Å². The van der Waals surface area contributed by atoms with E-state index in [0.29, 0.717) is 11.6 Å². The van der Waals surface area contributed by atoms with Crippen LogP contribution in [0.25, 0.3) is 0 Å². The Morgan fingerprint density at radius 1 is 1.05 bits per heavy atom. The summed E-state index contributed by atoms with van der Waals surface area (Å²) < 4.78 is 0. The van der Waals surface area contributed by atoms with Gasteiger partial charge in [0.05, 0.1) is 6.04 Å². The van der Waals surface area contributed by atoms with Gasteiger partial charge in [-0.3, -0.25) is 4.90 Å². The Balaban J connectivity index is 1.98. The summed E-state index contributed by atoms with van der Waals surface area (Å²) >= 11 is 0. The molecule has 0 aromatic heterocycles. The van der Waals surface area contributed by atoms with Gasteiger partial charge < -0.3 is 5.32 Å². The minimum Gasteiger partial charge on any atom is -0.311 e. The summed E-state index contributed by atoms with van der Waals surface area (Å²) in [5.74, 6) is 0. The smallest absolute Gasteiger partial charge is 0.0507 e. The highest BCUT2D eigenvalue weighted by Crippen LogP contribution is 2.46. The molecular formula is C18H28N2. The van der Waals surface area contributed by atoms with E-state index < -0.39 is 0 Å². The number of nitrogens with zero attached hydrogens (tertiary/aromatic N) is 1. The average Bonchev–Trinajstić information content (AvgIpc) is 3.12. The lowest BCUT2D eigenvalue weighted by Crippen LogP contribution is -2.53. The highest BCUT2D eigenvalue weighted by Gasteiger charge is 2.46. The van der Waals surface area contributed by atoms with Crippen molar-refractivity contribution in [3.05, 3.63) is 35.4 Å². The SMILES string of the molecule is CNC(c1ccccc1C)C1(N2CCCC2)CCCC1. The predicted octanol–water partition coefficient (Wildman–Crippen LogP) is 3.66. The van der Waals surface area contributed by atoms with Crippen molar-refractivity contribution < 1.29 is 0 Å². The van der Waals surface area contributed by atoms with Crippen molar-refractivity contribution in [3.63, 3.8) is 0 Å². The fourth-order valence-corrected chi connectivity index (χ4v) is 4.56. The number of likely N-dealkylation sites (tertiary alicyclic amines) is 1. The molecule has 1 aliphatic heterocycles. The summed E-state index contributed by atoms with van der Waals surface area (Å²) in [7, 11) is 2.15. The summed E-state index contributed by atoms with van der Waals surface area (Å²) in [6.07, 6.45) is 8.25. The van der Waals surface area contributed by atoms with Crippen molar-refractivity contribution in [2.45, 2.75) is 57.0 Å². The zero-order chi connectivity index (χ0) is 14.0. The minimum atomic E-state index is 0.358. The summed E-state index contributed by atoms with van der Waals surface area (Å²) in [5, 5.41) is 3.68. The molecular weight excluding hydrogens is 244 g/mol. The van der Waals surface area contributed by atoms with Gasteiger partial charge in [0, 0.05) is 5.54 Å². The van der Waals surface area contributed by atoms with Crippen LogP contribution in [-0.2, 0) is 0 Å². The Morgan fingerprint density at radius 2 is 1.70 bits per heavy atom. The molecule has 1 atom stereocenters. The Kier molecular flexibility index (Phi) is 4.13. The number of rotatable bonds is 4. The lowest BCUT2D eigenvalue weighted by atomic mass is 9.80. The molecule has 1 aliphatic carbocycles. The van der Waals surface area contributed by atoms with Gasteiger partial charge in [0.15, 0.2) is 0 Å². The maximum atomic E-state index is 3.68. The van der Waals surface area contributed by atoms with Crippen LogP contribution < -0.4 is 5.32 Å². The third-order valence-electron chi connectivity index (χ3n) is 5.53. The number of hydrogen-bond acceptors (Lipinski definition) is 2. The Morgan fingerprint density at radius 3 is 2.30 bits per heavy atom. The molecule has 1 saturated carbocycles. The molecule has 1 unspecified atom stereocenters. The summed E-state index contributed by atoms with van der Waals surface area (Å²) in [4.78, 5) is 2.80. The van der Waals surface area contributed by atoms with Crippen LogP contribution in [0.3, 0.4) is 0 Å². The molecule has 2 fully saturated rings. The van der Waals surface area contributed by atoms with Crippen molar-refractivity contribution in [3.8, 4) is 0 Å². The lowest BCUT2D eigenvalue weighted by molar-refractivity contribution is 0.0794. The van der Waals surface area contributed by atoms with Crippen molar-refractivity contribution in [1.29, 1.82) is 0 Å². The zero-order valence-electron chi connectivity index (χ0n) is 13.0. The van der Waals surface area contributed by atoms with Crippen LogP contribution in [0.5, 0.6) is 0 Å². The highest BCUT2D eigenvalue weighted by molar-refractivity contribution is 5.32. The number of hydrogen-bond donors (Lipinski definition) is 1. The van der Waals surface area contributed by atoms with Crippen LogP contribution in [0.2, 0.25) is 0 Å². The molecule has 2 aliphatic rings. The van der Waals surface area contributed by atoms with Gasteiger partial charge in [-0.2, -0.15) is 0 Å². The summed E-state index contributed by atoms with van der Waals surface area (Å²) in [6.45, 7) is 4.85. The van der Waals surface area contributed by atoms with Crippen LogP contribution in [0, 0.1) is 6.92 Å². The molecule has 0 spiro atoms. The number of likely N-dealkylation sites (N-methyl/N-ethyl adjacent to an activating group) is 1. The highest BCUT2D eigenvalue weighted by atomic mass is 15.2. The standard InChI is InChI=1S/C18H28N2/c1-15-9-3-4-10-16(15)17(19-2)18(11-5-6-12-18)20-13-7-8-14-20/h3-4,9-10,17,19H,5-8,11-14H2,1-2H3. The van der Waals surface area contributed by atoms with E-state index in [2.05, 4.69) is 48.5 Å². The van der Waals surface area contributed by atoms with Gasteiger partial charge in [0.25, 0.3) is 0 Å². The van der Waals surface area contributed by atoms with Crippen molar-refractivity contribution in [2.24, 2.45) is 0 Å². The molecule has 0 amide bonds. The van der Waals surface area contributed by atoms with Gasteiger partial charge in [0.2, 0.25) is 0 Å². The molecule has 110 valence electrons. The van der Waals surface area contributed by atoms with Crippen molar-refractivity contribution >= 4 is 0 Å². The molecule has 1 aromatic carbocycles. The number of aryl methyl sites for hydroxylation is 1. The molecule has 1 N–H and O–H groups in total. The summed E-state index contributed by atoms with van der Waals surface area (Å²) in [6, 6.07) is 9.41. The second kappa shape index (κ2) is 5.87. The first-order valence-electron chi connectivity index (χ1n) is 8.26. The van der Waals surface area contributed by atoms with E-state index in [0.717, 1.165) is 0 Å². The van der Waals surface area contributed by atoms with Gasteiger partial charge in [-0.15, -0.1) is 0 Å². The molecule has 3 rings (SSSR count). The van der Waals surface area contributed by atoms with Gasteiger partial charge in [-0.25, -0.2) is 0 Å². The quantitative estimate of drug-likeness (QED) is 0.900. The molecule has 20 heavy (non-hydrogen) atoms. The monoisotopic (exact) mass is 272 g/mol. The van der Waals surface area contributed by atoms with Crippen molar-refractivity contribution in [1.82, 2.24) is 10.2 Å². The molecule has 0 radical (unpaired) electrons. The Labute approximate surface area is 123 Å². The van der Waals surface area contributed by atoms with Gasteiger partial charge in [0.1, 0.15) is 0 Å². The van der Waals surface area contributed by atoms with Gasteiger partial charge in [-0.05, 0) is 63.9 Å². The first-order valence-corrected chi connectivity index (χ1v) is 8.26. The molecule has 2 heteroatoms. The number of nitrogens with one attached hydrogen (secondary N) is 1. The van der Waals surface area contributed by atoms with Crippen LogP contribution >= 0.6 is 0 Å². The second-order valence-electron chi connectivity index (χ2n) is 6.58. The van der Waals surface area contributed by atoms with E-state index >= 15 is 0 Å². The van der Waals surface area contributed by atoms with E-state index in [1.807, 2.05) is 0 Å². The maximum Gasteiger partial charge on any atom is 0.0507 e. The summed E-state index contributed by atoms with van der Waals surface area (Å²) in [5.41, 5.74) is 3.29. The van der Waals surface area contributed by atoms with Crippen LogP contribution in [-0.4, -0.2) is 30.6 Å². The topological polar surface area (TPSA) is 15.3 Å². The molecule has 1 heterocycles. The fraction of sp³-hybridized carbons (Fsp3) is 0.667. The molecule has 0 bridgehead atoms. The molecule has 1 aromatic rings. The Bertz CT molecular complexity index is 442. The van der Waals surface area contributed by atoms with Crippen molar-refractivity contribution in [2.75, 3.05) is 20.1 Å². The first-order chi connectivity index (χ1) is 9.78. The van der Waals surface area contributed by atoms with E-state index in [9.17, 15) is 0 Å². The fourth-order valence-electron chi connectivity index (χ4n) is 4.56.